The minimum atomic E-state index is -0.0794. The predicted molar refractivity (Wildman–Crippen MR) is 78.7 cm³/mol. The summed E-state index contributed by atoms with van der Waals surface area (Å²) in [5, 5.41) is 2.82. The average Bonchev–Trinajstić information content (AvgIpc) is 2.45. The van der Waals surface area contributed by atoms with Crippen molar-refractivity contribution in [1.29, 1.82) is 0 Å². The van der Waals surface area contributed by atoms with Crippen LogP contribution in [0.5, 0.6) is 5.75 Å². The number of hydrogen-bond donors (Lipinski definition) is 2. The van der Waals surface area contributed by atoms with E-state index in [-0.39, 0.29) is 5.91 Å². The number of hydrogen-bond acceptors (Lipinski definition) is 4. The maximum absolute atomic E-state index is 11.8. The van der Waals surface area contributed by atoms with Gasteiger partial charge in [0.15, 0.2) is 0 Å². The van der Waals surface area contributed by atoms with E-state index in [1.165, 1.54) is 0 Å². The molecule has 5 heteroatoms. The molecule has 108 valence electrons. The standard InChI is InChI=1S/C15H20N2O3/c1-19-10-4-6-15(18)17-13-11-12(5-3-9-16)7-8-14(13)20-2/h7-8,11H,4,6,9-10,16H2,1-2H3,(H,17,18). The molecular formula is C15H20N2O3. The Kier molecular flexibility index (Phi) is 7.18. The highest BCUT2D eigenvalue weighted by atomic mass is 16.5. The van der Waals surface area contributed by atoms with E-state index in [0.29, 0.717) is 37.4 Å². The monoisotopic (exact) mass is 276 g/mol. The summed E-state index contributed by atoms with van der Waals surface area (Å²) in [6, 6.07) is 5.36. The SMILES string of the molecule is COCCCC(=O)Nc1cc(C#CCN)ccc1OC. The number of carbonyl (C=O) groups excluding carboxylic acids is 1. The van der Waals surface area contributed by atoms with Crippen LogP contribution < -0.4 is 15.8 Å². The summed E-state index contributed by atoms with van der Waals surface area (Å²) < 4.78 is 10.1. The van der Waals surface area contributed by atoms with Gasteiger partial charge >= 0.3 is 0 Å². The molecule has 0 bridgehead atoms. The third kappa shape index (κ3) is 5.31. The minimum absolute atomic E-state index is 0.0794. The van der Waals surface area contributed by atoms with Crippen LogP contribution in [-0.4, -0.2) is 33.3 Å². The number of benzene rings is 1. The molecule has 0 saturated carbocycles. The van der Waals surface area contributed by atoms with Gasteiger partial charge in [-0.25, -0.2) is 0 Å². The van der Waals surface area contributed by atoms with Gasteiger partial charge < -0.3 is 20.5 Å². The molecule has 5 nitrogen and oxygen atoms in total. The Hall–Kier alpha value is -2.03. The first kappa shape index (κ1) is 16.0. The quantitative estimate of drug-likeness (QED) is 0.608. The molecule has 1 amide bonds. The molecule has 0 aliphatic rings. The Balaban J connectivity index is 2.77. The van der Waals surface area contributed by atoms with E-state index < -0.39 is 0 Å². The first-order valence-electron chi connectivity index (χ1n) is 6.37. The maximum Gasteiger partial charge on any atom is 0.224 e. The van der Waals surface area contributed by atoms with Crippen molar-refractivity contribution in [1.82, 2.24) is 0 Å². The van der Waals surface area contributed by atoms with E-state index >= 15 is 0 Å². The lowest BCUT2D eigenvalue weighted by Gasteiger charge is -2.10. The van der Waals surface area contributed by atoms with Crippen LogP contribution in [-0.2, 0) is 9.53 Å². The largest absolute Gasteiger partial charge is 0.495 e. The van der Waals surface area contributed by atoms with E-state index in [1.807, 2.05) is 6.07 Å². The second-order valence-electron chi connectivity index (χ2n) is 4.07. The highest BCUT2D eigenvalue weighted by molar-refractivity contribution is 5.92. The van der Waals surface area contributed by atoms with Gasteiger partial charge in [-0.3, -0.25) is 4.79 Å². The van der Waals surface area contributed by atoms with Gasteiger partial charge in [0, 0.05) is 25.7 Å². The van der Waals surface area contributed by atoms with E-state index in [1.54, 1.807) is 26.4 Å². The van der Waals surface area contributed by atoms with Crippen LogP contribution in [0.2, 0.25) is 0 Å². The summed E-state index contributed by atoms with van der Waals surface area (Å²) in [4.78, 5) is 11.8. The number of carbonyl (C=O) groups is 1. The summed E-state index contributed by atoms with van der Waals surface area (Å²) in [6.45, 7) is 0.858. The van der Waals surface area contributed by atoms with Crippen molar-refractivity contribution in [2.24, 2.45) is 5.73 Å². The van der Waals surface area contributed by atoms with Gasteiger partial charge in [-0.05, 0) is 24.6 Å². The summed E-state index contributed by atoms with van der Waals surface area (Å²) >= 11 is 0. The van der Waals surface area contributed by atoms with Crippen LogP contribution in [0.4, 0.5) is 5.69 Å². The van der Waals surface area contributed by atoms with Gasteiger partial charge in [-0.15, -0.1) is 0 Å². The van der Waals surface area contributed by atoms with Crippen molar-refractivity contribution >= 4 is 11.6 Å². The zero-order chi connectivity index (χ0) is 14.8. The van der Waals surface area contributed by atoms with Gasteiger partial charge in [-0.1, -0.05) is 11.8 Å². The number of nitrogens with one attached hydrogen (secondary N) is 1. The number of rotatable bonds is 6. The molecule has 1 aromatic rings. The molecule has 0 aromatic heterocycles. The molecule has 0 saturated heterocycles. The first-order chi connectivity index (χ1) is 9.71. The zero-order valence-electron chi connectivity index (χ0n) is 11.9. The van der Waals surface area contributed by atoms with Gasteiger partial charge in [-0.2, -0.15) is 0 Å². The number of nitrogens with two attached hydrogens (primary N) is 1. The average molecular weight is 276 g/mol. The van der Waals surface area contributed by atoms with Crippen LogP contribution in [0.3, 0.4) is 0 Å². The van der Waals surface area contributed by atoms with E-state index in [4.69, 9.17) is 15.2 Å². The van der Waals surface area contributed by atoms with Crippen molar-refractivity contribution in [3.05, 3.63) is 23.8 Å². The molecule has 20 heavy (non-hydrogen) atoms. The van der Waals surface area contributed by atoms with Crippen LogP contribution in [0.15, 0.2) is 18.2 Å². The van der Waals surface area contributed by atoms with Crippen LogP contribution in [0.25, 0.3) is 0 Å². The lowest BCUT2D eigenvalue weighted by Crippen LogP contribution is -2.13. The highest BCUT2D eigenvalue weighted by Gasteiger charge is 2.08. The number of ether oxygens (including phenoxy) is 2. The molecule has 0 fully saturated rings. The fraction of sp³-hybridized carbons (Fsp3) is 0.400. The molecule has 3 N–H and O–H groups in total. The molecular weight excluding hydrogens is 256 g/mol. The van der Waals surface area contributed by atoms with Crippen molar-refractivity contribution in [2.75, 3.05) is 32.7 Å². The number of amides is 1. The summed E-state index contributed by atoms with van der Waals surface area (Å²) in [5.41, 5.74) is 6.73. The third-order valence-electron chi connectivity index (χ3n) is 2.56. The fourth-order valence-electron chi connectivity index (χ4n) is 1.63. The van der Waals surface area contributed by atoms with Crippen molar-refractivity contribution in [3.63, 3.8) is 0 Å². The van der Waals surface area contributed by atoms with Gasteiger partial charge in [0.1, 0.15) is 5.75 Å². The molecule has 0 radical (unpaired) electrons. The van der Waals surface area contributed by atoms with E-state index in [2.05, 4.69) is 17.2 Å². The lowest BCUT2D eigenvalue weighted by molar-refractivity contribution is -0.116. The molecule has 0 spiro atoms. The Morgan fingerprint density at radius 1 is 1.40 bits per heavy atom. The Bertz CT molecular complexity index is 504. The minimum Gasteiger partial charge on any atom is -0.495 e. The van der Waals surface area contributed by atoms with Gasteiger partial charge in [0.2, 0.25) is 5.91 Å². The summed E-state index contributed by atoms with van der Waals surface area (Å²) in [6.07, 6.45) is 1.08. The fourth-order valence-corrected chi connectivity index (χ4v) is 1.63. The van der Waals surface area contributed by atoms with Crippen molar-refractivity contribution in [2.45, 2.75) is 12.8 Å². The van der Waals surface area contributed by atoms with E-state index in [0.717, 1.165) is 5.56 Å². The highest BCUT2D eigenvalue weighted by Crippen LogP contribution is 2.25. The smallest absolute Gasteiger partial charge is 0.224 e. The second kappa shape index (κ2) is 8.97. The van der Waals surface area contributed by atoms with E-state index in [9.17, 15) is 4.79 Å². The van der Waals surface area contributed by atoms with Crippen molar-refractivity contribution in [3.8, 4) is 17.6 Å². The molecule has 0 unspecified atom stereocenters. The Morgan fingerprint density at radius 3 is 2.85 bits per heavy atom. The zero-order valence-corrected chi connectivity index (χ0v) is 11.9. The van der Waals surface area contributed by atoms with Crippen LogP contribution in [0.1, 0.15) is 18.4 Å². The molecule has 0 aliphatic carbocycles. The van der Waals surface area contributed by atoms with Crippen LogP contribution in [0, 0.1) is 11.8 Å². The molecule has 1 rings (SSSR count). The summed E-state index contributed by atoms with van der Waals surface area (Å²) in [7, 11) is 3.17. The number of methoxy groups -OCH3 is 2. The Labute approximate surface area is 119 Å². The third-order valence-corrected chi connectivity index (χ3v) is 2.56. The van der Waals surface area contributed by atoms with Gasteiger partial charge in [0.05, 0.1) is 19.3 Å². The predicted octanol–water partition coefficient (Wildman–Crippen LogP) is 1.37. The maximum atomic E-state index is 11.8. The van der Waals surface area contributed by atoms with Gasteiger partial charge in [0.25, 0.3) is 0 Å². The second-order valence-corrected chi connectivity index (χ2v) is 4.07. The normalized spacial score (nSPS) is 9.55. The summed E-state index contributed by atoms with van der Waals surface area (Å²) in [5.74, 6) is 6.21. The topological polar surface area (TPSA) is 73.6 Å². The molecule has 0 atom stereocenters. The van der Waals surface area contributed by atoms with Crippen LogP contribution >= 0.6 is 0 Å². The Morgan fingerprint density at radius 2 is 2.20 bits per heavy atom. The lowest BCUT2D eigenvalue weighted by atomic mass is 10.1. The number of anilines is 1. The molecule has 1 aromatic carbocycles. The first-order valence-corrected chi connectivity index (χ1v) is 6.37. The van der Waals surface area contributed by atoms with Crippen molar-refractivity contribution < 1.29 is 14.3 Å². The molecule has 0 aliphatic heterocycles. The molecule has 0 heterocycles.